The minimum Gasteiger partial charge on any atom is -0.354 e. The van der Waals surface area contributed by atoms with E-state index in [9.17, 15) is 0 Å². The molecule has 1 aliphatic heterocycles. The number of fused-ring (bicyclic) bond motifs is 1. The summed E-state index contributed by atoms with van der Waals surface area (Å²) in [6.45, 7) is 10.5. The number of rotatable bonds is 5. The fourth-order valence-electron chi connectivity index (χ4n) is 4.73. The third-order valence-electron chi connectivity index (χ3n) is 6.83. The van der Waals surface area contributed by atoms with E-state index in [1.165, 1.54) is 30.4 Å². The molecule has 0 amide bonds. The Bertz CT molecular complexity index is 1160. The third kappa shape index (κ3) is 4.76. The summed E-state index contributed by atoms with van der Waals surface area (Å²) in [4.78, 5) is 18.6. The van der Waals surface area contributed by atoms with Gasteiger partial charge in [-0.05, 0) is 68.0 Å². The highest BCUT2D eigenvalue weighted by Gasteiger charge is 2.16. The van der Waals surface area contributed by atoms with E-state index in [4.69, 9.17) is 4.98 Å². The van der Waals surface area contributed by atoms with E-state index in [-0.39, 0.29) is 0 Å². The van der Waals surface area contributed by atoms with E-state index in [1.54, 1.807) is 0 Å². The molecule has 0 radical (unpaired) electrons. The van der Waals surface area contributed by atoms with Crippen LogP contribution in [0.4, 0.5) is 17.5 Å². The van der Waals surface area contributed by atoms with Crippen molar-refractivity contribution in [2.24, 2.45) is 0 Å². The van der Waals surface area contributed by atoms with E-state index in [0.717, 1.165) is 66.5 Å². The average Bonchev–Trinajstić information content (AvgIpc) is 2.84. The van der Waals surface area contributed by atoms with Gasteiger partial charge in [0.25, 0.3) is 0 Å². The number of aryl methyl sites for hydroxylation is 3. The molecule has 1 saturated heterocycles. The lowest BCUT2D eigenvalue weighted by Crippen LogP contribution is -2.44. The van der Waals surface area contributed by atoms with Gasteiger partial charge in [-0.1, -0.05) is 24.8 Å². The molecule has 5 rings (SSSR count). The number of piperazine rings is 1. The van der Waals surface area contributed by atoms with Crippen molar-refractivity contribution >= 4 is 23.0 Å². The molecule has 2 aliphatic rings. The first-order valence-electron chi connectivity index (χ1n) is 11.9. The molecule has 0 bridgehead atoms. The number of anilines is 3. The molecule has 1 aliphatic carbocycles. The van der Waals surface area contributed by atoms with Gasteiger partial charge in [-0.2, -0.15) is 0 Å². The van der Waals surface area contributed by atoms with Gasteiger partial charge in [0.1, 0.15) is 5.82 Å². The summed E-state index contributed by atoms with van der Waals surface area (Å²) >= 11 is 0. The third-order valence-corrected chi connectivity index (χ3v) is 6.83. The standard InChI is InChI=1S/C27H32N6/c1-19(22-9-8-21-6-4-5-7-23(21)16-22)25-18-29-27(30-20(25)2)31-24-10-11-28-26(17-24)33-14-12-32(3)13-15-33/h8-11,16-18H,1,4-7,12-15H2,2-3H3,(H,28,29,30,31). The van der Waals surface area contributed by atoms with Gasteiger partial charge in [-0.15, -0.1) is 0 Å². The first-order chi connectivity index (χ1) is 16.1. The largest absolute Gasteiger partial charge is 0.354 e. The molecule has 1 N–H and O–H groups in total. The summed E-state index contributed by atoms with van der Waals surface area (Å²) in [6.07, 6.45) is 8.65. The summed E-state index contributed by atoms with van der Waals surface area (Å²) < 4.78 is 0. The molecule has 0 unspecified atom stereocenters. The van der Waals surface area contributed by atoms with Crippen LogP contribution in [0, 0.1) is 6.92 Å². The van der Waals surface area contributed by atoms with Crippen molar-refractivity contribution in [1.82, 2.24) is 19.9 Å². The minimum atomic E-state index is 0.588. The highest BCUT2D eigenvalue weighted by atomic mass is 15.3. The van der Waals surface area contributed by atoms with Crippen LogP contribution in [0.2, 0.25) is 0 Å². The van der Waals surface area contributed by atoms with Crippen LogP contribution < -0.4 is 10.2 Å². The molecule has 33 heavy (non-hydrogen) atoms. The fourth-order valence-corrected chi connectivity index (χ4v) is 4.73. The number of benzene rings is 1. The molecule has 6 nitrogen and oxygen atoms in total. The van der Waals surface area contributed by atoms with Crippen molar-refractivity contribution in [3.8, 4) is 0 Å². The zero-order valence-corrected chi connectivity index (χ0v) is 19.6. The Labute approximate surface area is 196 Å². The Morgan fingerprint density at radius 1 is 0.970 bits per heavy atom. The van der Waals surface area contributed by atoms with Gasteiger partial charge in [0.05, 0.1) is 5.69 Å². The predicted octanol–water partition coefficient (Wildman–Crippen LogP) is 4.62. The zero-order valence-electron chi connectivity index (χ0n) is 19.6. The van der Waals surface area contributed by atoms with E-state index >= 15 is 0 Å². The lowest BCUT2D eigenvalue weighted by molar-refractivity contribution is 0.312. The van der Waals surface area contributed by atoms with Crippen LogP contribution in [-0.2, 0) is 12.8 Å². The van der Waals surface area contributed by atoms with E-state index < -0.39 is 0 Å². The van der Waals surface area contributed by atoms with Crippen molar-refractivity contribution < 1.29 is 0 Å². The number of hydrogen-bond acceptors (Lipinski definition) is 6. The van der Waals surface area contributed by atoms with Gasteiger partial charge >= 0.3 is 0 Å². The smallest absolute Gasteiger partial charge is 0.227 e. The molecule has 3 aromatic rings. The average molecular weight is 441 g/mol. The van der Waals surface area contributed by atoms with Crippen LogP contribution in [0.15, 0.2) is 49.3 Å². The second kappa shape index (κ2) is 9.32. The molecule has 0 saturated carbocycles. The number of hydrogen-bond donors (Lipinski definition) is 1. The molecule has 0 spiro atoms. The Balaban J connectivity index is 1.31. The van der Waals surface area contributed by atoms with Crippen LogP contribution in [0.3, 0.4) is 0 Å². The number of aromatic nitrogens is 3. The number of nitrogens with zero attached hydrogens (tertiary/aromatic N) is 5. The Kier molecular flexibility index (Phi) is 6.09. The molecule has 3 heterocycles. The molecular weight excluding hydrogens is 408 g/mol. The van der Waals surface area contributed by atoms with E-state index in [1.807, 2.05) is 25.4 Å². The Morgan fingerprint density at radius 2 is 1.76 bits per heavy atom. The van der Waals surface area contributed by atoms with Crippen molar-refractivity contribution in [3.63, 3.8) is 0 Å². The van der Waals surface area contributed by atoms with Crippen molar-refractivity contribution in [1.29, 1.82) is 0 Å². The summed E-state index contributed by atoms with van der Waals surface area (Å²) in [5.74, 6) is 1.58. The second-order valence-electron chi connectivity index (χ2n) is 9.18. The summed E-state index contributed by atoms with van der Waals surface area (Å²) in [6, 6.07) is 10.8. The summed E-state index contributed by atoms with van der Waals surface area (Å²) in [5, 5.41) is 3.35. The normalized spacial score (nSPS) is 16.4. The molecular formula is C27H32N6. The topological polar surface area (TPSA) is 57.2 Å². The van der Waals surface area contributed by atoms with Crippen molar-refractivity contribution in [2.45, 2.75) is 32.6 Å². The van der Waals surface area contributed by atoms with Crippen LogP contribution in [0.25, 0.3) is 5.57 Å². The first kappa shape index (κ1) is 21.6. The van der Waals surface area contributed by atoms with Crippen LogP contribution in [0.5, 0.6) is 0 Å². The molecule has 1 fully saturated rings. The molecule has 2 aromatic heterocycles. The molecule has 1 aromatic carbocycles. The predicted molar refractivity (Wildman–Crippen MR) is 135 cm³/mol. The Hall–Kier alpha value is -3.25. The molecule has 0 atom stereocenters. The van der Waals surface area contributed by atoms with Gasteiger partial charge in [0.2, 0.25) is 5.95 Å². The first-order valence-corrected chi connectivity index (χ1v) is 11.9. The van der Waals surface area contributed by atoms with Crippen LogP contribution in [-0.4, -0.2) is 53.1 Å². The minimum absolute atomic E-state index is 0.588. The highest BCUT2D eigenvalue weighted by Crippen LogP contribution is 2.29. The number of nitrogens with one attached hydrogen (secondary N) is 1. The molecule has 170 valence electrons. The van der Waals surface area contributed by atoms with Gasteiger partial charge in [-0.25, -0.2) is 15.0 Å². The summed E-state index contributed by atoms with van der Waals surface area (Å²) in [5.41, 5.74) is 7.94. The van der Waals surface area contributed by atoms with E-state index in [0.29, 0.717) is 5.95 Å². The van der Waals surface area contributed by atoms with Gasteiger partial charge < -0.3 is 15.1 Å². The monoisotopic (exact) mass is 440 g/mol. The summed E-state index contributed by atoms with van der Waals surface area (Å²) in [7, 11) is 2.16. The Morgan fingerprint density at radius 3 is 2.55 bits per heavy atom. The maximum Gasteiger partial charge on any atom is 0.227 e. The lowest BCUT2D eigenvalue weighted by Gasteiger charge is -2.33. The maximum atomic E-state index is 4.73. The highest BCUT2D eigenvalue weighted by molar-refractivity contribution is 5.79. The van der Waals surface area contributed by atoms with Gasteiger partial charge in [-0.3, -0.25) is 0 Å². The van der Waals surface area contributed by atoms with Crippen molar-refractivity contribution in [2.75, 3.05) is 43.4 Å². The van der Waals surface area contributed by atoms with Crippen LogP contribution >= 0.6 is 0 Å². The van der Waals surface area contributed by atoms with Gasteiger partial charge in [0.15, 0.2) is 0 Å². The van der Waals surface area contributed by atoms with E-state index in [2.05, 4.69) is 63.0 Å². The zero-order chi connectivity index (χ0) is 22.8. The molecule has 6 heteroatoms. The number of likely N-dealkylation sites (N-methyl/N-ethyl adjacent to an activating group) is 1. The number of pyridine rings is 1. The van der Waals surface area contributed by atoms with Gasteiger partial charge in [0, 0.05) is 55.9 Å². The quantitative estimate of drug-likeness (QED) is 0.625. The SMILES string of the molecule is C=C(c1ccc2c(c1)CCCC2)c1cnc(Nc2ccnc(N3CCN(C)CC3)c2)nc1C. The lowest BCUT2D eigenvalue weighted by atomic mass is 9.88. The fraction of sp³-hybridized carbons (Fsp3) is 0.370. The second-order valence-corrected chi connectivity index (χ2v) is 9.18. The maximum absolute atomic E-state index is 4.73. The van der Waals surface area contributed by atoms with Crippen LogP contribution in [0.1, 0.15) is 40.8 Å². The van der Waals surface area contributed by atoms with Crippen molar-refractivity contribution in [3.05, 3.63) is 77.3 Å².